The first-order valence-electron chi connectivity index (χ1n) is 16.7. The lowest BCUT2D eigenvalue weighted by molar-refractivity contribution is 1.17. The number of rotatable bonds is 3. The third kappa shape index (κ3) is 4.37. The van der Waals surface area contributed by atoms with Gasteiger partial charge >= 0.3 is 0 Å². The minimum Gasteiger partial charge on any atom is -0.310 e. The topological polar surface area (TPSA) is 3.24 Å². The number of hydrogen-bond acceptors (Lipinski definition) is 2. The van der Waals surface area contributed by atoms with Crippen LogP contribution in [0.3, 0.4) is 0 Å². The molecule has 1 aromatic heterocycles. The normalized spacial score (nSPS) is 12.4. The predicted octanol–water partition coefficient (Wildman–Crippen LogP) is 13.0. The summed E-state index contributed by atoms with van der Waals surface area (Å²) in [6, 6.07) is 60.9. The molecule has 0 spiro atoms. The van der Waals surface area contributed by atoms with Gasteiger partial charge in [0, 0.05) is 37.2 Å². The summed E-state index contributed by atoms with van der Waals surface area (Å²) in [6.07, 6.45) is 1.75. The lowest BCUT2D eigenvalue weighted by Gasteiger charge is -2.27. The summed E-state index contributed by atoms with van der Waals surface area (Å²) < 4.78 is 2.64. The molecule has 0 saturated carbocycles. The number of anilines is 3. The first-order chi connectivity index (χ1) is 23.8. The van der Waals surface area contributed by atoms with Crippen molar-refractivity contribution in [3.05, 3.63) is 186 Å². The van der Waals surface area contributed by atoms with E-state index >= 15 is 0 Å². The quantitative estimate of drug-likeness (QED) is 0.176. The summed E-state index contributed by atoms with van der Waals surface area (Å²) in [6.45, 7) is 0. The van der Waals surface area contributed by atoms with Crippen LogP contribution in [0.15, 0.2) is 164 Å². The first-order valence-corrected chi connectivity index (χ1v) is 17.5. The number of fused-ring (bicyclic) bond motifs is 6. The monoisotopic (exact) mass is 629 g/mol. The van der Waals surface area contributed by atoms with Crippen LogP contribution in [0.25, 0.3) is 52.8 Å². The van der Waals surface area contributed by atoms with Gasteiger partial charge in [0.15, 0.2) is 0 Å². The second-order valence-electron chi connectivity index (χ2n) is 12.9. The Balaban J connectivity index is 1.21. The second-order valence-corrected chi connectivity index (χ2v) is 14.0. The number of benzene rings is 8. The van der Waals surface area contributed by atoms with Crippen molar-refractivity contribution in [2.45, 2.75) is 12.8 Å². The lowest BCUT2D eigenvalue weighted by Crippen LogP contribution is -2.10. The fraction of sp³-hybridized carbons (Fsp3) is 0.0435. The standard InChI is InChI=1S/C46H31NS/c1-2-15-36(16-3-1)47(38-24-25-44-42(29-38)40-18-6-7-19-43(40)48-44)37-23-22-33-27-35-14-9-12-31-21-20-30-11-8-13-34(45(30)46(31)35)26-32-10-4-5-17-39(32)41(33)28-37/h1-25,28-29H,26-27H2. The van der Waals surface area contributed by atoms with Crippen LogP contribution in [0.4, 0.5) is 17.1 Å². The molecule has 8 aromatic carbocycles. The molecule has 0 amide bonds. The van der Waals surface area contributed by atoms with Crippen LogP contribution in [0, 0.1) is 0 Å². The molecular weight excluding hydrogens is 599 g/mol. The van der Waals surface area contributed by atoms with Crippen LogP contribution >= 0.6 is 11.3 Å². The molecule has 0 unspecified atom stereocenters. The fourth-order valence-corrected chi connectivity index (χ4v) is 9.02. The Kier molecular flexibility index (Phi) is 6.25. The maximum Gasteiger partial charge on any atom is 0.0468 e. The molecule has 0 N–H and O–H groups in total. The van der Waals surface area contributed by atoms with E-state index in [2.05, 4.69) is 169 Å². The Morgan fingerprint density at radius 2 is 0.979 bits per heavy atom. The Labute approximate surface area is 284 Å². The van der Waals surface area contributed by atoms with E-state index in [1.54, 1.807) is 0 Å². The smallest absolute Gasteiger partial charge is 0.0468 e. The molecule has 1 aliphatic rings. The van der Waals surface area contributed by atoms with E-state index in [1.807, 2.05) is 11.3 Å². The molecule has 1 heterocycles. The van der Waals surface area contributed by atoms with Crippen LogP contribution < -0.4 is 4.90 Å². The summed E-state index contributed by atoms with van der Waals surface area (Å²) in [5.74, 6) is 0. The highest BCUT2D eigenvalue weighted by Crippen LogP contribution is 2.44. The molecule has 0 bridgehead atoms. The number of thiophene rings is 1. The SMILES string of the molecule is c1ccc(N(c2ccc3c(c2)-c2ccccc2Cc2cccc4ccc5cccc(c5c24)C3)c2ccc3sc4ccccc4c3c2)cc1. The van der Waals surface area contributed by atoms with E-state index in [0.29, 0.717) is 0 Å². The molecule has 10 rings (SSSR count). The maximum atomic E-state index is 2.44. The highest BCUT2D eigenvalue weighted by molar-refractivity contribution is 7.25. The van der Waals surface area contributed by atoms with Gasteiger partial charge in [0.2, 0.25) is 0 Å². The molecule has 0 aliphatic heterocycles. The third-order valence-electron chi connectivity index (χ3n) is 10.1. The van der Waals surface area contributed by atoms with E-state index in [9.17, 15) is 0 Å². The summed E-state index contributed by atoms with van der Waals surface area (Å²) in [5, 5.41) is 8.03. The van der Waals surface area contributed by atoms with Gasteiger partial charge in [-0.15, -0.1) is 11.3 Å². The zero-order valence-corrected chi connectivity index (χ0v) is 27.2. The van der Waals surface area contributed by atoms with Gasteiger partial charge in [-0.3, -0.25) is 0 Å². The number of hydrogen-bond donors (Lipinski definition) is 0. The zero-order chi connectivity index (χ0) is 31.6. The van der Waals surface area contributed by atoms with Crippen LogP contribution in [0.5, 0.6) is 0 Å². The van der Waals surface area contributed by atoms with Gasteiger partial charge < -0.3 is 4.90 Å². The van der Waals surface area contributed by atoms with Crippen LogP contribution in [-0.4, -0.2) is 0 Å². The van der Waals surface area contributed by atoms with Gasteiger partial charge in [-0.2, -0.15) is 0 Å². The van der Waals surface area contributed by atoms with Crippen LogP contribution in [-0.2, 0) is 12.8 Å². The van der Waals surface area contributed by atoms with Crippen molar-refractivity contribution in [3.63, 3.8) is 0 Å². The predicted molar refractivity (Wildman–Crippen MR) is 207 cm³/mol. The van der Waals surface area contributed by atoms with E-state index in [0.717, 1.165) is 29.9 Å². The van der Waals surface area contributed by atoms with E-state index < -0.39 is 0 Å². The van der Waals surface area contributed by atoms with Crippen LogP contribution in [0.2, 0.25) is 0 Å². The molecule has 9 aromatic rings. The summed E-state index contributed by atoms with van der Waals surface area (Å²) in [5.41, 5.74) is 11.6. The highest BCUT2D eigenvalue weighted by Gasteiger charge is 2.21. The van der Waals surface area contributed by atoms with Gasteiger partial charge in [-0.1, -0.05) is 115 Å². The number of nitrogens with zero attached hydrogens (tertiary/aromatic N) is 1. The summed E-state index contributed by atoms with van der Waals surface area (Å²) >= 11 is 1.87. The van der Waals surface area contributed by atoms with Crippen LogP contribution in [0.1, 0.15) is 22.3 Å². The van der Waals surface area contributed by atoms with Crippen molar-refractivity contribution in [1.29, 1.82) is 0 Å². The average molecular weight is 630 g/mol. The van der Waals surface area contributed by atoms with Crippen molar-refractivity contribution in [2.24, 2.45) is 0 Å². The number of para-hydroxylation sites is 1. The van der Waals surface area contributed by atoms with E-state index in [1.165, 1.54) is 75.1 Å². The molecule has 48 heavy (non-hydrogen) atoms. The second kappa shape index (κ2) is 10.9. The molecule has 1 nitrogen and oxygen atoms in total. The maximum absolute atomic E-state index is 2.44. The van der Waals surface area contributed by atoms with Crippen molar-refractivity contribution in [1.82, 2.24) is 0 Å². The molecule has 0 radical (unpaired) electrons. The van der Waals surface area contributed by atoms with Gasteiger partial charge in [-0.05, 0) is 116 Å². The van der Waals surface area contributed by atoms with Crippen molar-refractivity contribution < 1.29 is 0 Å². The summed E-state index contributed by atoms with van der Waals surface area (Å²) in [7, 11) is 0. The molecular formula is C46H31NS. The largest absolute Gasteiger partial charge is 0.310 e. The fourth-order valence-electron chi connectivity index (χ4n) is 7.94. The minimum atomic E-state index is 0.868. The Morgan fingerprint density at radius 1 is 0.375 bits per heavy atom. The average Bonchev–Trinajstić information content (AvgIpc) is 3.51. The van der Waals surface area contributed by atoms with Crippen molar-refractivity contribution >= 4 is 70.1 Å². The molecule has 0 atom stereocenters. The highest BCUT2D eigenvalue weighted by atomic mass is 32.1. The molecule has 2 heteroatoms. The Hall–Kier alpha value is -5.70. The van der Waals surface area contributed by atoms with Gasteiger partial charge in [0.1, 0.15) is 0 Å². The van der Waals surface area contributed by atoms with E-state index in [-0.39, 0.29) is 0 Å². The lowest BCUT2D eigenvalue weighted by atomic mass is 9.84. The Morgan fingerprint density at radius 3 is 1.77 bits per heavy atom. The zero-order valence-electron chi connectivity index (χ0n) is 26.4. The molecule has 1 aliphatic carbocycles. The van der Waals surface area contributed by atoms with Crippen molar-refractivity contribution in [3.8, 4) is 11.1 Å². The van der Waals surface area contributed by atoms with E-state index in [4.69, 9.17) is 0 Å². The summed E-state index contributed by atoms with van der Waals surface area (Å²) in [4.78, 5) is 2.42. The van der Waals surface area contributed by atoms with Crippen molar-refractivity contribution in [2.75, 3.05) is 4.90 Å². The third-order valence-corrected chi connectivity index (χ3v) is 11.3. The minimum absolute atomic E-state index is 0.868. The molecule has 0 fully saturated rings. The van der Waals surface area contributed by atoms with Gasteiger partial charge in [0.05, 0.1) is 0 Å². The van der Waals surface area contributed by atoms with Gasteiger partial charge in [0.25, 0.3) is 0 Å². The Bertz CT molecular complexity index is 2680. The first kappa shape index (κ1) is 27.4. The molecule has 226 valence electrons. The molecule has 0 saturated heterocycles. The van der Waals surface area contributed by atoms with Gasteiger partial charge in [-0.25, -0.2) is 0 Å².